The van der Waals surface area contributed by atoms with E-state index < -0.39 is 50.4 Å². The smallest absolute Gasteiger partial charge is 0.345 e. The normalized spacial score (nSPS) is 13.2. The minimum atomic E-state index is -5.22. The van der Waals surface area contributed by atoms with Gasteiger partial charge in [0.1, 0.15) is 11.8 Å². The highest BCUT2D eigenvalue weighted by Gasteiger charge is 2.44. The number of carbonyl (C=O) groups excluding carboxylic acids is 3. The first-order chi connectivity index (χ1) is 21.5. The van der Waals surface area contributed by atoms with E-state index in [1.165, 1.54) is 18.2 Å². The minimum absolute atomic E-state index is 0.00876. The molecule has 0 saturated heterocycles. The largest absolute Gasteiger partial charge is 0.492 e. The van der Waals surface area contributed by atoms with Crippen molar-refractivity contribution in [1.82, 2.24) is 10.6 Å². The highest BCUT2D eigenvalue weighted by Crippen LogP contribution is 2.69. The fourth-order valence-corrected chi connectivity index (χ4v) is 7.36. The number of rotatable bonds is 15. The number of nitrogens with two attached hydrogens (primary N) is 1. The van der Waals surface area contributed by atoms with E-state index in [2.05, 4.69) is 10.6 Å². The molecule has 46 heavy (non-hydrogen) atoms. The molecule has 248 valence electrons. The quantitative estimate of drug-likeness (QED) is 0.116. The van der Waals surface area contributed by atoms with Crippen LogP contribution in [-0.2, 0) is 31.6 Å². The topological polar surface area (TPSA) is 226 Å². The van der Waals surface area contributed by atoms with Crippen molar-refractivity contribution < 1.29 is 47.8 Å². The lowest BCUT2D eigenvalue weighted by Gasteiger charge is -2.23. The molecule has 0 heterocycles. The first-order valence-corrected chi connectivity index (χ1v) is 17.7. The van der Waals surface area contributed by atoms with Crippen LogP contribution in [0, 0.1) is 5.92 Å². The van der Waals surface area contributed by atoms with E-state index in [-0.39, 0.29) is 29.9 Å². The van der Waals surface area contributed by atoms with Crippen LogP contribution in [0.5, 0.6) is 5.75 Å². The third-order valence-electron chi connectivity index (χ3n) is 6.91. The van der Waals surface area contributed by atoms with Gasteiger partial charge in [-0.15, -0.1) is 0 Å². The van der Waals surface area contributed by atoms with Crippen LogP contribution < -0.4 is 21.1 Å². The van der Waals surface area contributed by atoms with E-state index in [0.29, 0.717) is 23.5 Å². The molecule has 0 spiro atoms. The van der Waals surface area contributed by atoms with Gasteiger partial charge in [-0.25, -0.2) is 0 Å². The molecule has 0 aromatic heterocycles. The number of hydrogen-bond donors (Lipinski definition) is 7. The van der Waals surface area contributed by atoms with Gasteiger partial charge in [0, 0.05) is 6.42 Å². The molecule has 0 aliphatic carbocycles. The number of amides is 3. The van der Waals surface area contributed by atoms with Gasteiger partial charge in [0.25, 0.3) is 5.91 Å². The first-order valence-electron chi connectivity index (χ1n) is 14.3. The zero-order valence-corrected chi connectivity index (χ0v) is 27.4. The number of benzene rings is 3. The summed E-state index contributed by atoms with van der Waals surface area (Å²) in [5.74, 6) is -1.18. The molecule has 0 fully saturated rings. The molecule has 3 amide bonds. The second-order valence-electron chi connectivity index (χ2n) is 11.3. The molecule has 3 aromatic carbocycles. The van der Waals surface area contributed by atoms with Crippen molar-refractivity contribution in [2.24, 2.45) is 11.7 Å². The summed E-state index contributed by atoms with van der Waals surface area (Å²) >= 11 is 0. The Hall–Kier alpha value is -3.83. The molecule has 13 nitrogen and oxygen atoms in total. The molecular weight excluding hydrogens is 636 g/mol. The van der Waals surface area contributed by atoms with Gasteiger partial charge in [-0.05, 0) is 47.2 Å². The van der Waals surface area contributed by atoms with Gasteiger partial charge in [0.15, 0.2) is 5.40 Å². The van der Waals surface area contributed by atoms with Crippen molar-refractivity contribution in [1.29, 1.82) is 0 Å². The monoisotopic (exact) mass is 675 g/mol. The minimum Gasteiger partial charge on any atom is -0.492 e. The second-order valence-corrected chi connectivity index (χ2v) is 15.1. The van der Waals surface area contributed by atoms with Crippen LogP contribution in [0.3, 0.4) is 0 Å². The Kier molecular flexibility index (Phi) is 12.5. The Bertz CT molecular complexity index is 1600. The van der Waals surface area contributed by atoms with Crippen molar-refractivity contribution in [2.75, 3.05) is 6.61 Å². The summed E-state index contributed by atoms with van der Waals surface area (Å²) in [4.78, 5) is 76.9. The van der Waals surface area contributed by atoms with Crippen LogP contribution in [0.25, 0.3) is 0 Å². The number of hydrogen-bond acceptors (Lipinski definition) is 6. The molecule has 0 aliphatic heterocycles. The molecule has 2 unspecified atom stereocenters. The molecule has 15 heteroatoms. The lowest BCUT2D eigenvalue weighted by molar-refractivity contribution is -0.129. The Morgan fingerprint density at radius 3 is 1.93 bits per heavy atom. The van der Waals surface area contributed by atoms with E-state index in [1.54, 1.807) is 49.4 Å². The predicted octanol–water partition coefficient (Wildman–Crippen LogP) is 3.32. The SMILES string of the molecule is CC(C)COc1ccc(C(C)NC(=O)C(Cc2ccc(C(P(=O)(O)O)P(=O)(O)O)cc2)NC(=O)Cc2ccccc2)cc1C(N)=O. The predicted molar refractivity (Wildman–Crippen MR) is 171 cm³/mol. The summed E-state index contributed by atoms with van der Waals surface area (Å²) in [7, 11) is -10.4. The molecule has 0 aliphatic rings. The summed E-state index contributed by atoms with van der Waals surface area (Å²) in [6.07, 6.45) is -0.0739. The van der Waals surface area contributed by atoms with E-state index in [9.17, 15) is 43.1 Å². The second kappa shape index (κ2) is 15.6. The average molecular weight is 676 g/mol. The lowest BCUT2D eigenvalue weighted by Crippen LogP contribution is -2.49. The molecule has 8 N–H and O–H groups in total. The summed E-state index contributed by atoms with van der Waals surface area (Å²) in [6, 6.07) is 17.0. The van der Waals surface area contributed by atoms with Gasteiger partial charge in [0.05, 0.1) is 24.6 Å². The van der Waals surface area contributed by atoms with Gasteiger partial charge in [0.2, 0.25) is 11.8 Å². The van der Waals surface area contributed by atoms with Crippen molar-refractivity contribution in [3.05, 3.63) is 101 Å². The highest BCUT2D eigenvalue weighted by atomic mass is 31.2. The Labute approximate surface area is 266 Å². The van der Waals surface area contributed by atoms with E-state index in [1.807, 2.05) is 13.8 Å². The Morgan fingerprint density at radius 2 is 1.39 bits per heavy atom. The van der Waals surface area contributed by atoms with Crippen LogP contribution in [0.15, 0.2) is 72.8 Å². The van der Waals surface area contributed by atoms with Gasteiger partial charge in [-0.1, -0.05) is 74.5 Å². The summed E-state index contributed by atoms with van der Waals surface area (Å²) in [5, 5.41) is 3.23. The van der Waals surface area contributed by atoms with Crippen LogP contribution in [0.2, 0.25) is 0 Å². The standard InChI is InChI=1S/C31H39N3O10P2/c1-19(2)18-44-27-14-13-24(17-25(27)29(32)36)20(3)33-30(37)26(34-28(35)16-21-7-5-4-6-8-21)15-22-9-11-23(12-10-22)31(45(38,39)40)46(41,42)43/h4-14,17,19-20,26,31H,15-16,18H2,1-3H3,(H2,32,36)(H,33,37)(H,34,35)(H2,38,39,40)(H2,41,42,43). The zero-order chi connectivity index (χ0) is 34.2. The van der Waals surface area contributed by atoms with Crippen molar-refractivity contribution in [3.8, 4) is 5.75 Å². The fraction of sp³-hybridized carbons (Fsp3) is 0.323. The molecule has 0 bridgehead atoms. The first kappa shape index (κ1) is 36.6. The maximum Gasteiger partial charge on any atom is 0.345 e. The Morgan fingerprint density at radius 1 is 0.804 bits per heavy atom. The molecule has 3 aromatic rings. The third-order valence-corrected chi connectivity index (χ3v) is 10.6. The molecule has 2 atom stereocenters. The average Bonchev–Trinajstić information content (AvgIpc) is 2.95. The maximum absolute atomic E-state index is 13.6. The van der Waals surface area contributed by atoms with Crippen molar-refractivity contribution in [2.45, 2.75) is 51.1 Å². The number of primary amides is 1. The van der Waals surface area contributed by atoms with Gasteiger partial charge < -0.3 is 40.7 Å². The number of carbonyl (C=O) groups is 3. The molecule has 0 radical (unpaired) electrons. The van der Waals surface area contributed by atoms with E-state index >= 15 is 0 Å². The summed E-state index contributed by atoms with van der Waals surface area (Å²) in [6.45, 7) is 5.98. The van der Waals surface area contributed by atoms with Gasteiger partial charge >= 0.3 is 15.2 Å². The van der Waals surface area contributed by atoms with Crippen molar-refractivity contribution >= 4 is 32.9 Å². The van der Waals surface area contributed by atoms with E-state index in [0.717, 1.165) is 17.7 Å². The molecular formula is C31H39N3O10P2. The summed E-state index contributed by atoms with van der Waals surface area (Å²) in [5.41, 5.74) is 7.16. The number of nitrogens with one attached hydrogen (secondary N) is 2. The molecule has 0 saturated carbocycles. The Balaban J connectivity index is 1.85. The van der Waals surface area contributed by atoms with Gasteiger partial charge in [-0.2, -0.15) is 0 Å². The molecule has 3 rings (SSSR count). The van der Waals surface area contributed by atoms with Crippen LogP contribution in [0.1, 0.15) is 64.8 Å². The van der Waals surface area contributed by atoms with E-state index in [4.69, 9.17) is 10.5 Å². The number of ether oxygens (including phenoxy) is 1. The van der Waals surface area contributed by atoms with Crippen LogP contribution in [0.4, 0.5) is 0 Å². The van der Waals surface area contributed by atoms with Crippen LogP contribution >= 0.6 is 15.2 Å². The zero-order valence-electron chi connectivity index (χ0n) is 25.6. The van der Waals surface area contributed by atoms with Crippen molar-refractivity contribution in [3.63, 3.8) is 0 Å². The highest BCUT2D eigenvalue weighted by molar-refractivity contribution is 7.70. The lowest BCUT2D eigenvalue weighted by atomic mass is 10.0. The third kappa shape index (κ3) is 10.6. The van der Waals surface area contributed by atoms with Crippen LogP contribution in [-0.4, -0.2) is 49.9 Å². The van der Waals surface area contributed by atoms with Gasteiger partial charge in [-0.3, -0.25) is 23.5 Å². The maximum atomic E-state index is 13.6. The summed E-state index contributed by atoms with van der Waals surface area (Å²) < 4.78 is 29.4. The fourth-order valence-electron chi connectivity index (χ4n) is 4.67.